The molecule has 0 atom stereocenters. The summed E-state index contributed by atoms with van der Waals surface area (Å²) in [4.78, 5) is 11.4. The van der Waals surface area contributed by atoms with E-state index in [0.717, 1.165) is 36.3 Å². The van der Waals surface area contributed by atoms with Gasteiger partial charge in [0.05, 0.1) is 0 Å². The van der Waals surface area contributed by atoms with Crippen LogP contribution < -0.4 is 5.32 Å². The van der Waals surface area contributed by atoms with Crippen molar-refractivity contribution >= 4 is 17.5 Å². The average molecular weight is 346 g/mol. The van der Waals surface area contributed by atoms with E-state index in [0.29, 0.717) is 12.5 Å². The number of halogens is 1. The normalized spacial score (nSPS) is 12.0. The summed E-state index contributed by atoms with van der Waals surface area (Å²) in [5, 5.41) is 3.67. The highest BCUT2D eigenvalue weighted by Crippen LogP contribution is 2.15. The van der Waals surface area contributed by atoms with Crippen LogP contribution in [0.4, 0.5) is 0 Å². The number of benzene rings is 1. The van der Waals surface area contributed by atoms with E-state index in [1.807, 2.05) is 24.3 Å². The highest BCUT2D eigenvalue weighted by molar-refractivity contribution is 6.31. The lowest BCUT2D eigenvalue weighted by atomic mass is 10.1. The molecule has 0 aliphatic heterocycles. The van der Waals surface area contributed by atoms with Crippen LogP contribution >= 0.6 is 11.6 Å². The Kier molecular flexibility index (Phi) is 10.6. The monoisotopic (exact) mass is 345 g/mol. The highest BCUT2D eigenvalue weighted by atomic mass is 35.5. The maximum Gasteiger partial charge on any atom is 0.243 e. The average Bonchev–Trinajstić information content (AvgIpc) is 2.56. The Morgan fingerprint density at radius 3 is 2.62 bits per heavy atom. The SMILES string of the molecule is CC(C)CNC(=O)/C=C/C=C/CCC/C=C/Cc1ccccc1Cl. The summed E-state index contributed by atoms with van der Waals surface area (Å²) >= 11 is 6.11. The van der Waals surface area contributed by atoms with Gasteiger partial charge in [-0.15, -0.1) is 0 Å². The zero-order chi connectivity index (χ0) is 17.6. The Balaban J connectivity index is 2.10. The van der Waals surface area contributed by atoms with E-state index in [-0.39, 0.29) is 5.91 Å². The second-order valence-corrected chi connectivity index (χ2v) is 6.53. The van der Waals surface area contributed by atoms with Gasteiger partial charge in [-0.3, -0.25) is 4.79 Å². The summed E-state index contributed by atoms with van der Waals surface area (Å²) in [6.07, 6.45) is 15.8. The van der Waals surface area contributed by atoms with Crippen LogP contribution in [-0.4, -0.2) is 12.5 Å². The van der Waals surface area contributed by atoms with Crippen LogP contribution in [0.5, 0.6) is 0 Å². The van der Waals surface area contributed by atoms with Crippen molar-refractivity contribution in [2.75, 3.05) is 6.54 Å². The molecule has 0 unspecified atom stereocenters. The van der Waals surface area contributed by atoms with Gasteiger partial charge >= 0.3 is 0 Å². The number of unbranched alkanes of at least 4 members (excludes halogenated alkanes) is 2. The first kappa shape index (κ1) is 20.2. The Morgan fingerprint density at radius 2 is 1.88 bits per heavy atom. The van der Waals surface area contributed by atoms with E-state index in [9.17, 15) is 4.79 Å². The third kappa shape index (κ3) is 10.1. The second-order valence-electron chi connectivity index (χ2n) is 6.12. The van der Waals surface area contributed by atoms with E-state index in [4.69, 9.17) is 11.6 Å². The topological polar surface area (TPSA) is 29.1 Å². The van der Waals surface area contributed by atoms with Crippen LogP contribution in [-0.2, 0) is 11.2 Å². The van der Waals surface area contributed by atoms with Gasteiger partial charge in [-0.1, -0.05) is 74.0 Å². The van der Waals surface area contributed by atoms with Crippen molar-refractivity contribution in [1.82, 2.24) is 5.32 Å². The molecule has 0 saturated heterocycles. The van der Waals surface area contributed by atoms with Crippen LogP contribution in [0.25, 0.3) is 0 Å². The quantitative estimate of drug-likeness (QED) is 0.258. The lowest BCUT2D eigenvalue weighted by Gasteiger charge is -2.03. The standard InChI is InChI=1S/C21H28ClNO/c1-18(2)17-23-21(24)16-10-8-6-4-3-5-7-9-13-19-14-11-12-15-20(19)22/h6-12,14-16,18H,3-5,13,17H2,1-2H3,(H,23,24)/b8-6+,9-7+,16-10+. The van der Waals surface area contributed by atoms with Crippen molar-refractivity contribution < 1.29 is 4.79 Å². The molecule has 0 heterocycles. The molecule has 1 aromatic rings. The van der Waals surface area contributed by atoms with Crippen LogP contribution in [0.3, 0.4) is 0 Å². The van der Waals surface area contributed by atoms with Gasteiger partial charge < -0.3 is 5.32 Å². The van der Waals surface area contributed by atoms with Gasteiger partial charge in [-0.25, -0.2) is 0 Å². The van der Waals surface area contributed by atoms with Gasteiger partial charge in [0.1, 0.15) is 0 Å². The summed E-state index contributed by atoms with van der Waals surface area (Å²) < 4.78 is 0. The molecule has 2 nitrogen and oxygen atoms in total. The summed E-state index contributed by atoms with van der Waals surface area (Å²) in [6, 6.07) is 7.94. The Morgan fingerprint density at radius 1 is 1.12 bits per heavy atom. The van der Waals surface area contributed by atoms with Crippen LogP contribution in [0.1, 0.15) is 38.7 Å². The fraction of sp³-hybridized carbons (Fsp3) is 0.381. The largest absolute Gasteiger partial charge is 0.352 e. The number of carbonyl (C=O) groups excluding carboxylic acids is 1. The number of allylic oxidation sites excluding steroid dienone is 5. The van der Waals surface area contributed by atoms with Gasteiger partial charge in [-0.05, 0) is 43.2 Å². The lowest BCUT2D eigenvalue weighted by Crippen LogP contribution is -2.25. The number of amides is 1. The maximum absolute atomic E-state index is 11.4. The molecule has 130 valence electrons. The summed E-state index contributed by atoms with van der Waals surface area (Å²) in [7, 11) is 0. The summed E-state index contributed by atoms with van der Waals surface area (Å²) in [5.74, 6) is 0.444. The predicted octanol–water partition coefficient (Wildman–Crippen LogP) is 5.49. The zero-order valence-electron chi connectivity index (χ0n) is 14.7. The molecule has 1 rings (SSSR count). The third-order valence-electron chi connectivity index (χ3n) is 3.38. The van der Waals surface area contributed by atoms with Crippen molar-refractivity contribution in [3.63, 3.8) is 0 Å². The van der Waals surface area contributed by atoms with E-state index in [1.54, 1.807) is 12.2 Å². The molecule has 0 aromatic heterocycles. The number of rotatable bonds is 10. The zero-order valence-corrected chi connectivity index (χ0v) is 15.4. The molecule has 1 N–H and O–H groups in total. The number of hydrogen-bond acceptors (Lipinski definition) is 1. The first-order valence-electron chi connectivity index (χ1n) is 8.59. The fourth-order valence-electron chi connectivity index (χ4n) is 2.03. The molecular weight excluding hydrogens is 318 g/mol. The Bertz CT molecular complexity index is 573. The van der Waals surface area contributed by atoms with Crippen molar-refractivity contribution in [2.45, 2.75) is 39.5 Å². The molecule has 0 aliphatic carbocycles. The predicted molar refractivity (Wildman–Crippen MR) is 104 cm³/mol. The number of carbonyl (C=O) groups is 1. The van der Waals surface area contributed by atoms with Gasteiger partial charge in [0.2, 0.25) is 5.91 Å². The third-order valence-corrected chi connectivity index (χ3v) is 3.75. The summed E-state index contributed by atoms with van der Waals surface area (Å²) in [5.41, 5.74) is 1.16. The number of nitrogens with one attached hydrogen (secondary N) is 1. The van der Waals surface area contributed by atoms with E-state index in [1.165, 1.54) is 0 Å². The van der Waals surface area contributed by atoms with Crippen LogP contribution in [0.15, 0.2) is 60.7 Å². The minimum atomic E-state index is -0.0316. The first-order chi connectivity index (χ1) is 11.6. The fourth-order valence-corrected chi connectivity index (χ4v) is 2.24. The second kappa shape index (κ2) is 12.6. The Hall–Kier alpha value is -1.80. The van der Waals surface area contributed by atoms with Gasteiger partial charge in [-0.2, -0.15) is 0 Å². The minimum absolute atomic E-state index is 0.0316. The van der Waals surface area contributed by atoms with Crippen molar-refractivity contribution in [3.05, 3.63) is 71.3 Å². The molecule has 0 fully saturated rings. The smallest absolute Gasteiger partial charge is 0.243 e. The highest BCUT2D eigenvalue weighted by Gasteiger charge is 1.96. The van der Waals surface area contributed by atoms with Crippen molar-refractivity contribution in [2.24, 2.45) is 5.92 Å². The molecule has 24 heavy (non-hydrogen) atoms. The van der Waals surface area contributed by atoms with E-state index >= 15 is 0 Å². The molecule has 0 radical (unpaired) electrons. The maximum atomic E-state index is 11.4. The molecule has 0 spiro atoms. The van der Waals surface area contributed by atoms with E-state index in [2.05, 4.69) is 43.5 Å². The van der Waals surface area contributed by atoms with Gasteiger partial charge in [0, 0.05) is 17.6 Å². The molecule has 1 amide bonds. The molecule has 3 heteroatoms. The molecule has 0 saturated carbocycles. The molecule has 0 bridgehead atoms. The van der Waals surface area contributed by atoms with Gasteiger partial charge in [0.25, 0.3) is 0 Å². The lowest BCUT2D eigenvalue weighted by molar-refractivity contribution is -0.116. The van der Waals surface area contributed by atoms with Gasteiger partial charge in [0.15, 0.2) is 0 Å². The molecular formula is C21H28ClNO. The summed E-state index contributed by atoms with van der Waals surface area (Å²) in [6.45, 7) is 4.87. The van der Waals surface area contributed by atoms with Crippen molar-refractivity contribution in [3.8, 4) is 0 Å². The minimum Gasteiger partial charge on any atom is -0.352 e. The van der Waals surface area contributed by atoms with Crippen molar-refractivity contribution in [1.29, 1.82) is 0 Å². The Labute approximate surface area is 151 Å². The molecule has 0 aliphatic rings. The molecule has 1 aromatic carbocycles. The first-order valence-corrected chi connectivity index (χ1v) is 8.97. The van der Waals surface area contributed by atoms with Crippen LogP contribution in [0, 0.1) is 5.92 Å². The van der Waals surface area contributed by atoms with E-state index < -0.39 is 0 Å². The number of hydrogen-bond donors (Lipinski definition) is 1. The van der Waals surface area contributed by atoms with Crippen LogP contribution in [0.2, 0.25) is 5.02 Å².